The highest BCUT2D eigenvalue weighted by Gasteiger charge is 2.38. The molecule has 2 aromatic carbocycles. The van der Waals surface area contributed by atoms with Crippen LogP contribution in [0.3, 0.4) is 0 Å². The van der Waals surface area contributed by atoms with Crippen molar-refractivity contribution in [1.82, 2.24) is 0 Å². The van der Waals surface area contributed by atoms with Crippen LogP contribution in [0.25, 0.3) is 0 Å². The molecule has 0 aliphatic carbocycles. The van der Waals surface area contributed by atoms with Crippen molar-refractivity contribution in [3.05, 3.63) is 59.7 Å². The number of hydrogen-bond acceptors (Lipinski definition) is 1. The lowest BCUT2D eigenvalue weighted by molar-refractivity contribution is 0.492. The second-order valence-electron chi connectivity index (χ2n) is 9.47. The summed E-state index contributed by atoms with van der Waals surface area (Å²) in [6.07, 6.45) is 0. The average Bonchev–Trinajstić information content (AvgIpc) is 2.51. The maximum Gasteiger partial charge on any atom is 0.250 e. The topological polar surface area (TPSA) is 9.23 Å². The first-order valence-corrected chi connectivity index (χ1v) is 15.7. The normalized spacial score (nSPS) is 12.3. The van der Waals surface area contributed by atoms with Crippen molar-refractivity contribution >= 4 is 21.6 Å². The summed E-state index contributed by atoms with van der Waals surface area (Å²) in [6.45, 7) is 18.4. The Morgan fingerprint density at radius 2 is 1.35 bits per heavy atom. The number of hydrogen-bond donors (Lipinski definition) is 0. The van der Waals surface area contributed by atoms with E-state index in [9.17, 15) is 0 Å². The molecule has 0 aliphatic rings. The minimum atomic E-state index is -1.82. The summed E-state index contributed by atoms with van der Waals surface area (Å²) >= 11 is 0. The van der Waals surface area contributed by atoms with E-state index in [1.807, 2.05) is 18.2 Å². The van der Waals surface area contributed by atoms with Gasteiger partial charge in [-0.25, -0.2) is 0 Å². The molecule has 0 unspecified atom stereocenters. The van der Waals surface area contributed by atoms with E-state index in [0.717, 1.165) is 16.9 Å². The Labute approximate surface area is 162 Å². The summed E-state index contributed by atoms with van der Waals surface area (Å²) in [7, 11) is -3.07. The zero-order chi connectivity index (χ0) is 19.6. The molecule has 0 aliphatic heterocycles. The lowest BCUT2D eigenvalue weighted by Crippen LogP contribution is -2.43. The van der Waals surface area contributed by atoms with Gasteiger partial charge >= 0.3 is 0 Å². The van der Waals surface area contributed by atoms with Gasteiger partial charge in [0.1, 0.15) is 5.75 Å². The molecule has 0 saturated carbocycles. The average molecular weight is 381 g/mol. The van der Waals surface area contributed by atoms with Gasteiger partial charge < -0.3 is 4.43 Å². The van der Waals surface area contributed by atoms with E-state index >= 15 is 0 Å². The van der Waals surface area contributed by atoms with E-state index in [1.165, 1.54) is 5.19 Å². The molecule has 0 aromatic heterocycles. The quantitative estimate of drug-likeness (QED) is 0.467. The first kappa shape index (κ1) is 20.5. The zero-order valence-electron chi connectivity index (χ0n) is 17.5. The molecule has 138 valence electrons. The van der Waals surface area contributed by atoms with Crippen LogP contribution in [0.4, 0.5) is 0 Å². The molecule has 1 nitrogen and oxygen atoms in total. The SMILES string of the molecule is CC(C)(C)[Si](C)(C)Oc1cccc(C#Cc2ccc([Si](C)(C)C)cc2)c1. The van der Waals surface area contributed by atoms with Crippen LogP contribution in [0.2, 0.25) is 37.8 Å². The maximum atomic E-state index is 6.39. The van der Waals surface area contributed by atoms with Crippen LogP contribution in [0.5, 0.6) is 5.75 Å². The van der Waals surface area contributed by atoms with Gasteiger partial charge in [-0.3, -0.25) is 0 Å². The Hall–Kier alpha value is -1.77. The Bertz CT molecular complexity index is 810. The summed E-state index contributed by atoms with van der Waals surface area (Å²) in [6, 6.07) is 16.9. The van der Waals surface area contributed by atoms with Gasteiger partial charge in [-0.05, 0) is 48.5 Å². The molecule has 0 fully saturated rings. The fraction of sp³-hybridized carbons (Fsp3) is 0.391. The molecule has 0 spiro atoms. The molecule has 26 heavy (non-hydrogen) atoms. The van der Waals surface area contributed by atoms with Crippen LogP contribution in [-0.2, 0) is 0 Å². The van der Waals surface area contributed by atoms with Gasteiger partial charge in [-0.1, -0.05) is 75.6 Å². The fourth-order valence-corrected chi connectivity index (χ4v) is 4.47. The van der Waals surface area contributed by atoms with Crippen molar-refractivity contribution in [2.45, 2.75) is 58.5 Å². The van der Waals surface area contributed by atoms with Crippen molar-refractivity contribution < 1.29 is 4.43 Å². The molecule has 0 radical (unpaired) electrons. The highest BCUT2D eigenvalue weighted by atomic mass is 28.4. The summed E-state index contributed by atoms with van der Waals surface area (Å²) < 4.78 is 6.39. The summed E-state index contributed by atoms with van der Waals surface area (Å²) in [5.41, 5.74) is 2.05. The van der Waals surface area contributed by atoms with Crippen molar-refractivity contribution in [3.8, 4) is 17.6 Å². The second-order valence-corrected chi connectivity index (χ2v) is 19.3. The molecule has 0 amide bonds. The Kier molecular flexibility index (Phi) is 5.90. The second kappa shape index (κ2) is 7.46. The zero-order valence-corrected chi connectivity index (χ0v) is 19.5. The van der Waals surface area contributed by atoms with Crippen LogP contribution in [-0.4, -0.2) is 16.4 Å². The fourth-order valence-electron chi connectivity index (χ4n) is 2.28. The third kappa shape index (κ3) is 5.36. The maximum absolute atomic E-state index is 6.39. The highest BCUT2D eigenvalue weighted by Crippen LogP contribution is 2.37. The van der Waals surface area contributed by atoms with Crippen LogP contribution in [0.15, 0.2) is 48.5 Å². The summed E-state index contributed by atoms with van der Waals surface area (Å²) in [4.78, 5) is 0. The van der Waals surface area contributed by atoms with Crippen molar-refractivity contribution in [3.63, 3.8) is 0 Å². The molecule has 2 rings (SSSR count). The molecule has 0 heterocycles. The number of rotatable bonds is 3. The van der Waals surface area contributed by atoms with Gasteiger partial charge in [0.15, 0.2) is 0 Å². The molecule has 0 atom stereocenters. The van der Waals surface area contributed by atoms with Gasteiger partial charge in [0.25, 0.3) is 0 Å². The lowest BCUT2D eigenvalue weighted by atomic mass is 10.2. The van der Waals surface area contributed by atoms with Gasteiger partial charge in [0, 0.05) is 11.1 Å². The third-order valence-electron chi connectivity index (χ3n) is 5.12. The molecule has 0 saturated heterocycles. The van der Waals surface area contributed by atoms with E-state index in [0.29, 0.717) is 0 Å². The summed E-state index contributed by atoms with van der Waals surface area (Å²) in [5, 5.41) is 1.65. The lowest BCUT2D eigenvalue weighted by Gasteiger charge is -2.36. The minimum absolute atomic E-state index is 0.187. The van der Waals surface area contributed by atoms with Crippen LogP contribution >= 0.6 is 0 Å². The van der Waals surface area contributed by atoms with Crippen LogP contribution in [0.1, 0.15) is 31.9 Å². The predicted octanol–water partition coefficient (Wildman–Crippen LogP) is 6.02. The van der Waals surface area contributed by atoms with E-state index in [-0.39, 0.29) is 5.04 Å². The number of benzene rings is 2. The van der Waals surface area contributed by atoms with E-state index in [1.54, 1.807) is 0 Å². The van der Waals surface area contributed by atoms with Gasteiger partial charge in [0.2, 0.25) is 8.32 Å². The Morgan fingerprint density at radius 3 is 1.88 bits per heavy atom. The summed E-state index contributed by atoms with van der Waals surface area (Å²) in [5.74, 6) is 7.49. The monoisotopic (exact) mass is 380 g/mol. The molecular formula is C23H32OSi2. The van der Waals surface area contributed by atoms with Gasteiger partial charge in [-0.2, -0.15) is 0 Å². The molecular weight excluding hydrogens is 348 g/mol. The first-order chi connectivity index (χ1) is 11.9. The highest BCUT2D eigenvalue weighted by molar-refractivity contribution is 6.88. The van der Waals surface area contributed by atoms with Crippen molar-refractivity contribution in [2.24, 2.45) is 0 Å². The molecule has 3 heteroatoms. The molecule has 0 N–H and O–H groups in total. The van der Waals surface area contributed by atoms with E-state index < -0.39 is 16.4 Å². The molecule has 0 bridgehead atoms. The van der Waals surface area contributed by atoms with Gasteiger partial charge in [-0.15, -0.1) is 0 Å². The van der Waals surface area contributed by atoms with Crippen molar-refractivity contribution in [1.29, 1.82) is 0 Å². The van der Waals surface area contributed by atoms with E-state index in [4.69, 9.17) is 4.43 Å². The first-order valence-electron chi connectivity index (χ1n) is 9.30. The standard InChI is InChI=1S/C23H32OSi2/c1-23(2,3)26(7,8)24-21-11-9-10-20(18-21)13-12-19-14-16-22(17-15-19)25(4,5)6/h9-11,14-18H,1-8H3. The third-order valence-corrected chi connectivity index (χ3v) is 11.5. The Morgan fingerprint density at radius 1 is 0.769 bits per heavy atom. The van der Waals surface area contributed by atoms with E-state index in [2.05, 4.69) is 95.7 Å². The largest absolute Gasteiger partial charge is 0.543 e. The minimum Gasteiger partial charge on any atom is -0.543 e. The van der Waals surface area contributed by atoms with Crippen LogP contribution < -0.4 is 9.61 Å². The Balaban J connectivity index is 2.19. The van der Waals surface area contributed by atoms with Crippen LogP contribution in [0, 0.1) is 11.8 Å². The van der Waals surface area contributed by atoms with Gasteiger partial charge in [0.05, 0.1) is 8.07 Å². The smallest absolute Gasteiger partial charge is 0.250 e. The molecule has 2 aromatic rings. The van der Waals surface area contributed by atoms with Crippen molar-refractivity contribution in [2.75, 3.05) is 0 Å². The predicted molar refractivity (Wildman–Crippen MR) is 120 cm³/mol.